The molecule has 0 aliphatic rings. The molecule has 0 aromatic rings. The SMILES string of the molecule is O=C(O)CCCC(=O)NC(CCC(=O)NCCOCCOCC(=O)NCCOCCOCC(=O)NC(CCCCNC(=O)CBr)C(=O)O)C(=O)O. The van der Waals surface area contributed by atoms with Crippen LogP contribution in [0.1, 0.15) is 51.4 Å². The first-order chi connectivity index (χ1) is 24.3. The Balaban J connectivity index is 3.77. The summed E-state index contributed by atoms with van der Waals surface area (Å²) in [6.45, 7) is 0.966. The van der Waals surface area contributed by atoms with Gasteiger partial charge in [0.2, 0.25) is 29.5 Å². The molecule has 292 valence electrons. The van der Waals surface area contributed by atoms with Gasteiger partial charge in [-0.3, -0.25) is 28.8 Å². The second-order valence-corrected chi connectivity index (χ2v) is 11.3. The number of carbonyl (C=O) groups excluding carboxylic acids is 5. The van der Waals surface area contributed by atoms with Crippen LogP contribution in [0.5, 0.6) is 0 Å². The summed E-state index contributed by atoms with van der Waals surface area (Å²) in [4.78, 5) is 91.9. The smallest absolute Gasteiger partial charge is 0.326 e. The summed E-state index contributed by atoms with van der Waals surface area (Å²) < 4.78 is 21.0. The van der Waals surface area contributed by atoms with Crippen LogP contribution in [0.25, 0.3) is 0 Å². The number of carboxylic acid groups (broad SMARTS) is 3. The summed E-state index contributed by atoms with van der Waals surface area (Å²) in [6, 6.07) is -2.35. The third kappa shape index (κ3) is 29.5. The Hall–Kier alpha value is -3.92. The van der Waals surface area contributed by atoms with Gasteiger partial charge in [-0.15, -0.1) is 0 Å². The molecule has 51 heavy (non-hydrogen) atoms. The van der Waals surface area contributed by atoms with Crippen molar-refractivity contribution in [1.29, 1.82) is 0 Å². The fourth-order valence-corrected chi connectivity index (χ4v) is 4.07. The molecule has 0 saturated carbocycles. The summed E-state index contributed by atoms with van der Waals surface area (Å²) in [5.74, 6) is -5.73. The Labute approximate surface area is 303 Å². The van der Waals surface area contributed by atoms with Crippen LogP contribution in [-0.2, 0) is 57.3 Å². The molecule has 0 rings (SSSR count). The second kappa shape index (κ2) is 30.9. The van der Waals surface area contributed by atoms with Crippen LogP contribution < -0.4 is 26.6 Å². The van der Waals surface area contributed by atoms with E-state index in [1.165, 1.54) is 0 Å². The number of alkyl halides is 1. The van der Waals surface area contributed by atoms with Gasteiger partial charge < -0.3 is 60.9 Å². The summed E-state index contributed by atoms with van der Waals surface area (Å²) in [5.41, 5.74) is 0. The molecular formula is C30H50BrN5O15. The molecule has 8 N–H and O–H groups in total. The number of carbonyl (C=O) groups is 8. The molecule has 0 aromatic carbocycles. The van der Waals surface area contributed by atoms with Gasteiger partial charge in [-0.05, 0) is 32.1 Å². The maximum Gasteiger partial charge on any atom is 0.326 e. The lowest BCUT2D eigenvalue weighted by Gasteiger charge is -2.14. The zero-order chi connectivity index (χ0) is 38.3. The molecule has 0 spiro atoms. The van der Waals surface area contributed by atoms with E-state index in [4.69, 9.17) is 24.1 Å². The average molecular weight is 801 g/mol. The normalized spacial score (nSPS) is 11.9. The number of aliphatic carboxylic acids is 3. The molecule has 5 amide bonds. The molecule has 0 fully saturated rings. The zero-order valence-electron chi connectivity index (χ0n) is 28.4. The molecule has 2 unspecified atom stereocenters. The molecule has 0 aromatic heterocycles. The molecule has 0 bridgehead atoms. The predicted molar refractivity (Wildman–Crippen MR) is 180 cm³/mol. The minimum atomic E-state index is -1.31. The topological polar surface area (TPSA) is 294 Å². The van der Waals surface area contributed by atoms with Crippen molar-refractivity contribution in [3.63, 3.8) is 0 Å². The van der Waals surface area contributed by atoms with E-state index in [-0.39, 0.29) is 122 Å². The van der Waals surface area contributed by atoms with E-state index in [0.29, 0.717) is 19.4 Å². The fourth-order valence-electron chi connectivity index (χ4n) is 3.88. The highest BCUT2D eigenvalue weighted by atomic mass is 79.9. The van der Waals surface area contributed by atoms with Crippen molar-refractivity contribution in [3.05, 3.63) is 0 Å². The molecular weight excluding hydrogens is 750 g/mol. The predicted octanol–water partition coefficient (Wildman–Crippen LogP) is -1.86. The Bertz CT molecular complexity index is 1100. The zero-order valence-corrected chi connectivity index (χ0v) is 30.0. The summed E-state index contributed by atoms with van der Waals surface area (Å²) in [5, 5.41) is 39.8. The monoisotopic (exact) mass is 799 g/mol. The number of hydrogen-bond donors (Lipinski definition) is 8. The van der Waals surface area contributed by atoms with Gasteiger partial charge in [0.1, 0.15) is 25.3 Å². The van der Waals surface area contributed by atoms with Crippen molar-refractivity contribution in [1.82, 2.24) is 26.6 Å². The van der Waals surface area contributed by atoms with Gasteiger partial charge in [-0.2, -0.15) is 0 Å². The van der Waals surface area contributed by atoms with Gasteiger partial charge in [-0.25, -0.2) is 9.59 Å². The van der Waals surface area contributed by atoms with Crippen molar-refractivity contribution in [2.45, 2.75) is 63.5 Å². The highest BCUT2D eigenvalue weighted by Crippen LogP contribution is 2.03. The maximum atomic E-state index is 12.0. The van der Waals surface area contributed by atoms with Gasteiger partial charge in [-0.1, -0.05) is 15.9 Å². The van der Waals surface area contributed by atoms with Crippen molar-refractivity contribution in [2.75, 3.05) is 77.8 Å². The lowest BCUT2D eigenvalue weighted by molar-refractivity contribution is -0.143. The average Bonchev–Trinajstić information content (AvgIpc) is 3.07. The first kappa shape index (κ1) is 47.1. The molecule has 0 radical (unpaired) electrons. The number of unbranched alkanes of at least 4 members (excludes halogenated alkanes) is 1. The van der Waals surface area contributed by atoms with Crippen LogP contribution >= 0.6 is 15.9 Å². The number of carboxylic acids is 3. The summed E-state index contributed by atoms with van der Waals surface area (Å²) >= 11 is 3.03. The van der Waals surface area contributed by atoms with Crippen molar-refractivity contribution in [3.8, 4) is 0 Å². The Morgan fingerprint density at radius 1 is 0.490 bits per heavy atom. The first-order valence-electron chi connectivity index (χ1n) is 16.3. The van der Waals surface area contributed by atoms with E-state index < -0.39 is 47.7 Å². The van der Waals surface area contributed by atoms with E-state index in [9.17, 15) is 48.6 Å². The highest BCUT2D eigenvalue weighted by Gasteiger charge is 2.21. The number of ether oxygens (including phenoxy) is 4. The van der Waals surface area contributed by atoms with Crippen LogP contribution in [0.2, 0.25) is 0 Å². The molecule has 0 aliphatic carbocycles. The number of halogens is 1. The van der Waals surface area contributed by atoms with Crippen LogP contribution in [0.4, 0.5) is 0 Å². The standard InChI is InChI=1S/C30H50BrN5O15/c31-18-25(39)32-9-2-1-4-21(29(44)45)36-27(41)20-51-17-15-49-13-11-34-26(40)19-50-16-14-48-12-10-33-23(37)8-7-22(30(46)47)35-24(38)5-3-6-28(42)43/h21-22H,1-20H2,(H,32,39)(H,33,37)(H,34,40)(H,35,38)(H,36,41)(H,42,43)(H,44,45)(H,46,47). The Morgan fingerprint density at radius 3 is 1.57 bits per heavy atom. The van der Waals surface area contributed by atoms with Crippen LogP contribution in [0.3, 0.4) is 0 Å². The number of hydrogen-bond acceptors (Lipinski definition) is 12. The Kier molecular flexibility index (Phi) is 28.5. The number of nitrogens with one attached hydrogen (secondary N) is 5. The van der Waals surface area contributed by atoms with Gasteiger partial charge in [0.05, 0.1) is 45.0 Å². The first-order valence-corrected chi connectivity index (χ1v) is 17.4. The van der Waals surface area contributed by atoms with E-state index in [0.717, 1.165) is 0 Å². The van der Waals surface area contributed by atoms with Crippen molar-refractivity contribution < 1.29 is 72.6 Å². The number of amides is 5. The van der Waals surface area contributed by atoms with E-state index in [1.807, 2.05) is 0 Å². The van der Waals surface area contributed by atoms with Gasteiger partial charge in [0.15, 0.2) is 0 Å². The molecule has 0 aliphatic heterocycles. The summed E-state index contributed by atoms with van der Waals surface area (Å²) in [6.07, 6.45) is 0.663. The molecule has 0 heterocycles. The van der Waals surface area contributed by atoms with Gasteiger partial charge in [0.25, 0.3) is 0 Å². The van der Waals surface area contributed by atoms with Crippen LogP contribution in [0, 0.1) is 0 Å². The molecule has 20 nitrogen and oxygen atoms in total. The minimum Gasteiger partial charge on any atom is -0.481 e. The largest absolute Gasteiger partial charge is 0.481 e. The van der Waals surface area contributed by atoms with E-state index >= 15 is 0 Å². The minimum absolute atomic E-state index is 0.0686. The third-order valence-corrected chi connectivity index (χ3v) is 6.94. The highest BCUT2D eigenvalue weighted by molar-refractivity contribution is 9.09. The fraction of sp³-hybridized carbons (Fsp3) is 0.733. The summed E-state index contributed by atoms with van der Waals surface area (Å²) in [7, 11) is 0. The van der Waals surface area contributed by atoms with Crippen LogP contribution in [0.15, 0.2) is 0 Å². The second-order valence-electron chi connectivity index (χ2n) is 10.7. The van der Waals surface area contributed by atoms with Gasteiger partial charge >= 0.3 is 17.9 Å². The lowest BCUT2D eigenvalue weighted by atomic mass is 10.1. The Morgan fingerprint density at radius 2 is 1.00 bits per heavy atom. The van der Waals surface area contributed by atoms with Crippen molar-refractivity contribution in [2.24, 2.45) is 0 Å². The van der Waals surface area contributed by atoms with Crippen LogP contribution in [-0.4, -0.2) is 153 Å². The lowest BCUT2D eigenvalue weighted by Crippen LogP contribution is -2.42. The number of rotatable bonds is 33. The van der Waals surface area contributed by atoms with E-state index in [2.05, 4.69) is 42.5 Å². The maximum absolute atomic E-state index is 12.0. The third-order valence-electron chi connectivity index (χ3n) is 6.43. The molecule has 0 saturated heterocycles. The molecule has 21 heteroatoms. The molecule has 2 atom stereocenters. The van der Waals surface area contributed by atoms with Gasteiger partial charge in [0, 0.05) is 38.9 Å². The van der Waals surface area contributed by atoms with Crippen molar-refractivity contribution >= 4 is 63.4 Å². The van der Waals surface area contributed by atoms with E-state index in [1.54, 1.807) is 0 Å². The quantitative estimate of drug-likeness (QED) is 0.0267.